The maximum absolute atomic E-state index is 12.2. The van der Waals surface area contributed by atoms with Crippen LogP contribution in [0.3, 0.4) is 0 Å². The molecule has 5 heteroatoms. The first kappa shape index (κ1) is 18.2. The van der Waals surface area contributed by atoms with Crippen molar-refractivity contribution >= 4 is 18.0 Å². The molecule has 1 aliphatic rings. The Morgan fingerprint density at radius 3 is 2.42 bits per heavy atom. The van der Waals surface area contributed by atoms with Crippen LogP contribution in [0.1, 0.15) is 44.6 Å². The molecule has 1 aliphatic carbocycles. The third-order valence-electron chi connectivity index (χ3n) is 4.08. The number of esters is 1. The molecule has 0 unspecified atom stereocenters. The molecule has 5 nitrogen and oxygen atoms in total. The standard InChI is InChI=1S/C19H24O5/c1-2-13-23-16-10-6-15(7-11-16)19(22)24-17-8-3-14(4-9-17)5-12-18(20)21/h3-5,8-9,12,15-16H,2,6-7,10-11,13H2,1H3,(H,20,21). The fourth-order valence-electron chi connectivity index (χ4n) is 2.76. The summed E-state index contributed by atoms with van der Waals surface area (Å²) in [6, 6.07) is 6.79. The zero-order valence-electron chi connectivity index (χ0n) is 13.9. The molecular weight excluding hydrogens is 308 g/mol. The number of aliphatic carboxylic acids is 1. The van der Waals surface area contributed by atoms with E-state index in [4.69, 9.17) is 14.6 Å². The van der Waals surface area contributed by atoms with Crippen LogP contribution in [0.4, 0.5) is 0 Å². The van der Waals surface area contributed by atoms with Gasteiger partial charge in [-0.05, 0) is 55.9 Å². The van der Waals surface area contributed by atoms with E-state index in [0.717, 1.165) is 50.4 Å². The molecule has 1 aromatic carbocycles. The number of carboxylic acids is 1. The highest BCUT2D eigenvalue weighted by atomic mass is 16.5. The van der Waals surface area contributed by atoms with Gasteiger partial charge >= 0.3 is 11.9 Å². The van der Waals surface area contributed by atoms with Gasteiger partial charge in [0.25, 0.3) is 0 Å². The predicted molar refractivity (Wildman–Crippen MR) is 90.7 cm³/mol. The lowest BCUT2D eigenvalue weighted by Crippen LogP contribution is -2.29. The average molecular weight is 332 g/mol. The number of rotatable bonds is 7. The molecule has 130 valence electrons. The molecule has 1 aromatic rings. The van der Waals surface area contributed by atoms with E-state index >= 15 is 0 Å². The van der Waals surface area contributed by atoms with Crippen molar-refractivity contribution in [3.8, 4) is 5.75 Å². The molecule has 0 bridgehead atoms. The lowest BCUT2D eigenvalue weighted by atomic mass is 9.87. The van der Waals surface area contributed by atoms with Gasteiger partial charge in [-0.3, -0.25) is 4.79 Å². The molecule has 0 aromatic heterocycles. The topological polar surface area (TPSA) is 72.8 Å². The Morgan fingerprint density at radius 2 is 1.83 bits per heavy atom. The Labute approximate surface area is 142 Å². The second-order valence-corrected chi connectivity index (χ2v) is 6.01. The van der Waals surface area contributed by atoms with Crippen LogP contribution in [0.5, 0.6) is 5.75 Å². The Morgan fingerprint density at radius 1 is 1.17 bits per heavy atom. The molecule has 0 spiro atoms. The van der Waals surface area contributed by atoms with Gasteiger partial charge in [0.2, 0.25) is 0 Å². The van der Waals surface area contributed by atoms with Crippen LogP contribution in [-0.4, -0.2) is 29.8 Å². The van der Waals surface area contributed by atoms with Crippen molar-refractivity contribution in [2.45, 2.75) is 45.1 Å². The average Bonchev–Trinajstić information content (AvgIpc) is 2.59. The van der Waals surface area contributed by atoms with E-state index in [1.807, 2.05) is 0 Å². The Bertz CT molecular complexity index is 568. The minimum Gasteiger partial charge on any atom is -0.478 e. The zero-order valence-corrected chi connectivity index (χ0v) is 13.9. The van der Waals surface area contributed by atoms with Crippen LogP contribution in [0.15, 0.2) is 30.3 Å². The number of ether oxygens (including phenoxy) is 2. The van der Waals surface area contributed by atoms with E-state index in [-0.39, 0.29) is 18.0 Å². The fourth-order valence-corrected chi connectivity index (χ4v) is 2.76. The summed E-state index contributed by atoms with van der Waals surface area (Å²) >= 11 is 0. The summed E-state index contributed by atoms with van der Waals surface area (Å²) in [6.07, 6.45) is 7.25. The van der Waals surface area contributed by atoms with E-state index < -0.39 is 5.97 Å². The molecule has 0 amide bonds. The summed E-state index contributed by atoms with van der Waals surface area (Å²) in [7, 11) is 0. The zero-order chi connectivity index (χ0) is 17.4. The second kappa shape index (κ2) is 9.23. The van der Waals surface area contributed by atoms with Crippen molar-refractivity contribution in [2.75, 3.05) is 6.61 Å². The summed E-state index contributed by atoms with van der Waals surface area (Å²) in [5.74, 6) is -0.781. The molecular formula is C19H24O5. The Hall–Kier alpha value is -2.14. The first-order valence-electron chi connectivity index (χ1n) is 8.43. The van der Waals surface area contributed by atoms with Crippen LogP contribution in [0.25, 0.3) is 6.08 Å². The van der Waals surface area contributed by atoms with Gasteiger partial charge in [0.1, 0.15) is 5.75 Å². The minimum absolute atomic E-state index is 0.0712. The SMILES string of the molecule is CCCOC1CCC(C(=O)Oc2ccc(C=CC(=O)O)cc2)CC1. The number of carbonyl (C=O) groups excluding carboxylic acids is 1. The smallest absolute Gasteiger partial charge is 0.328 e. The van der Waals surface area contributed by atoms with Gasteiger partial charge in [0, 0.05) is 12.7 Å². The van der Waals surface area contributed by atoms with E-state index in [1.54, 1.807) is 24.3 Å². The molecule has 0 radical (unpaired) electrons. The molecule has 0 saturated heterocycles. The highest BCUT2D eigenvalue weighted by Gasteiger charge is 2.28. The quantitative estimate of drug-likeness (QED) is 0.468. The number of hydrogen-bond donors (Lipinski definition) is 1. The van der Waals surface area contributed by atoms with Crippen molar-refractivity contribution in [2.24, 2.45) is 5.92 Å². The van der Waals surface area contributed by atoms with Crippen molar-refractivity contribution in [3.05, 3.63) is 35.9 Å². The summed E-state index contributed by atoms with van der Waals surface area (Å²) in [5, 5.41) is 8.59. The lowest BCUT2D eigenvalue weighted by molar-refractivity contribution is -0.141. The van der Waals surface area contributed by atoms with Gasteiger partial charge in [0.15, 0.2) is 0 Å². The first-order chi connectivity index (χ1) is 11.6. The van der Waals surface area contributed by atoms with Gasteiger partial charge in [-0.15, -0.1) is 0 Å². The van der Waals surface area contributed by atoms with Crippen molar-refractivity contribution < 1.29 is 24.2 Å². The van der Waals surface area contributed by atoms with Crippen LogP contribution < -0.4 is 4.74 Å². The van der Waals surface area contributed by atoms with E-state index in [2.05, 4.69) is 6.92 Å². The van der Waals surface area contributed by atoms with Gasteiger partial charge in [-0.2, -0.15) is 0 Å². The number of benzene rings is 1. The maximum atomic E-state index is 12.2. The van der Waals surface area contributed by atoms with Gasteiger partial charge in [-0.1, -0.05) is 19.1 Å². The van der Waals surface area contributed by atoms with Crippen LogP contribution in [0, 0.1) is 5.92 Å². The second-order valence-electron chi connectivity index (χ2n) is 6.01. The number of carbonyl (C=O) groups is 2. The third-order valence-corrected chi connectivity index (χ3v) is 4.08. The molecule has 2 rings (SSSR count). The third kappa shape index (κ3) is 5.81. The normalized spacial score (nSPS) is 20.9. The molecule has 1 fully saturated rings. The molecule has 1 saturated carbocycles. The molecule has 0 aliphatic heterocycles. The van der Waals surface area contributed by atoms with E-state index in [1.165, 1.54) is 6.08 Å². The van der Waals surface area contributed by atoms with Gasteiger partial charge < -0.3 is 14.6 Å². The minimum atomic E-state index is -0.996. The van der Waals surface area contributed by atoms with Crippen molar-refractivity contribution in [3.63, 3.8) is 0 Å². The molecule has 1 N–H and O–H groups in total. The molecule has 0 heterocycles. The van der Waals surface area contributed by atoms with E-state index in [9.17, 15) is 9.59 Å². The van der Waals surface area contributed by atoms with Crippen molar-refractivity contribution in [1.82, 2.24) is 0 Å². The fraction of sp³-hybridized carbons (Fsp3) is 0.474. The highest BCUT2D eigenvalue weighted by Crippen LogP contribution is 2.28. The first-order valence-corrected chi connectivity index (χ1v) is 8.43. The van der Waals surface area contributed by atoms with Crippen LogP contribution >= 0.6 is 0 Å². The van der Waals surface area contributed by atoms with Crippen molar-refractivity contribution in [1.29, 1.82) is 0 Å². The number of hydrogen-bond acceptors (Lipinski definition) is 4. The predicted octanol–water partition coefficient (Wildman–Crippen LogP) is 3.68. The summed E-state index contributed by atoms with van der Waals surface area (Å²) < 4.78 is 11.2. The number of carboxylic acid groups (broad SMARTS) is 1. The monoisotopic (exact) mass is 332 g/mol. The van der Waals surface area contributed by atoms with E-state index in [0.29, 0.717) is 5.75 Å². The Balaban J connectivity index is 1.81. The molecule has 24 heavy (non-hydrogen) atoms. The summed E-state index contributed by atoms with van der Waals surface area (Å²) in [4.78, 5) is 22.7. The maximum Gasteiger partial charge on any atom is 0.328 e. The van der Waals surface area contributed by atoms with Crippen LogP contribution in [-0.2, 0) is 14.3 Å². The largest absolute Gasteiger partial charge is 0.478 e. The summed E-state index contributed by atoms with van der Waals surface area (Å²) in [6.45, 7) is 2.87. The van der Waals surface area contributed by atoms with Gasteiger partial charge in [0.05, 0.1) is 12.0 Å². The van der Waals surface area contributed by atoms with Crippen LogP contribution in [0.2, 0.25) is 0 Å². The lowest BCUT2D eigenvalue weighted by Gasteiger charge is -2.27. The summed E-state index contributed by atoms with van der Waals surface area (Å²) in [5.41, 5.74) is 0.741. The Kier molecular flexibility index (Phi) is 7.00. The highest BCUT2D eigenvalue weighted by molar-refractivity contribution is 5.85. The van der Waals surface area contributed by atoms with Gasteiger partial charge in [-0.25, -0.2) is 4.79 Å². The molecule has 0 atom stereocenters.